The Bertz CT molecular complexity index is 500. The van der Waals surface area contributed by atoms with Crippen LogP contribution >= 0.6 is 31.9 Å². The van der Waals surface area contributed by atoms with Gasteiger partial charge in [0.1, 0.15) is 0 Å². The van der Waals surface area contributed by atoms with E-state index in [1.165, 1.54) is 6.07 Å². The third-order valence-corrected chi connectivity index (χ3v) is 4.37. The highest BCUT2D eigenvalue weighted by atomic mass is 79.9. The summed E-state index contributed by atoms with van der Waals surface area (Å²) in [5.41, 5.74) is 0.619. The summed E-state index contributed by atoms with van der Waals surface area (Å²) in [6.07, 6.45) is 1.48. The molecule has 0 aliphatic heterocycles. The van der Waals surface area contributed by atoms with E-state index in [1.807, 2.05) is 13.8 Å². The number of halogens is 2. The number of ether oxygens (including phenoxy) is 2. The fourth-order valence-electron chi connectivity index (χ4n) is 1.41. The van der Waals surface area contributed by atoms with Crippen molar-refractivity contribution < 1.29 is 19.1 Å². The quantitative estimate of drug-likeness (QED) is 0.658. The monoisotopic (exact) mass is 406 g/mol. The summed E-state index contributed by atoms with van der Waals surface area (Å²) in [5, 5.41) is 0. The molecular formula is C14H16Br2O4. The normalized spacial score (nSPS) is 10.2. The Kier molecular flexibility index (Phi) is 7.23. The predicted molar refractivity (Wildman–Crippen MR) is 83.0 cm³/mol. The van der Waals surface area contributed by atoms with Gasteiger partial charge in [0.05, 0.1) is 24.3 Å². The average Bonchev–Trinajstić information content (AvgIpc) is 2.44. The van der Waals surface area contributed by atoms with Crippen LogP contribution in [0.3, 0.4) is 0 Å². The van der Waals surface area contributed by atoms with Crippen LogP contribution < -0.4 is 0 Å². The van der Waals surface area contributed by atoms with Crippen molar-refractivity contribution in [2.75, 3.05) is 13.2 Å². The molecule has 0 aliphatic carbocycles. The Labute approximate surface area is 135 Å². The molecule has 20 heavy (non-hydrogen) atoms. The largest absolute Gasteiger partial charge is 0.462 e. The van der Waals surface area contributed by atoms with Crippen LogP contribution in [0, 0.1) is 0 Å². The van der Waals surface area contributed by atoms with Gasteiger partial charge in [0.15, 0.2) is 0 Å². The minimum Gasteiger partial charge on any atom is -0.462 e. The molecule has 4 nitrogen and oxygen atoms in total. The molecule has 1 aromatic carbocycles. The molecule has 0 spiro atoms. The number of hydrogen-bond donors (Lipinski definition) is 0. The van der Waals surface area contributed by atoms with Gasteiger partial charge < -0.3 is 9.47 Å². The number of rotatable bonds is 6. The summed E-state index contributed by atoms with van der Waals surface area (Å²) >= 11 is 6.62. The molecule has 0 heterocycles. The molecule has 6 heteroatoms. The van der Waals surface area contributed by atoms with Crippen molar-refractivity contribution in [2.24, 2.45) is 0 Å². The number of hydrogen-bond acceptors (Lipinski definition) is 4. The third-order valence-electron chi connectivity index (χ3n) is 2.36. The minimum absolute atomic E-state index is 0.302. The van der Waals surface area contributed by atoms with Crippen LogP contribution in [0.25, 0.3) is 0 Å². The molecule has 0 atom stereocenters. The van der Waals surface area contributed by atoms with Crippen LogP contribution in [0.2, 0.25) is 0 Å². The molecule has 0 bridgehead atoms. The average molecular weight is 408 g/mol. The first-order chi connectivity index (χ1) is 9.51. The predicted octanol–water partition coefficient (Wildman–Crippen LogP) is 4.35. The maximum atomic E-state index is 11.9. The lowest BCUT2D eigenvalue weighted by Crippen LogP contribution is -2.11. The molecule has 110 valence electrons. The van der Waals surface area contributed by atoms with Crippen LogP contribution in [0.1, 0.15) is 47.4 Å². The van der Waals surface area contributed by atoms with Crippen molar-refractivity contribution in [3.05, 3.63) is 32.2 Å². The van der Waals surface area contributed by atoms with Crippen LogP contribution in [0.5, 0.6) is 0 Å². The zero-order valence-corrected chi connectivity index (χ0v) is 14.5. The van der Waals surface area contributed by atoms with Gasteiger partial charge in [-0.05, 0) is 56.8 Å². The van der Waals surface area contributed by atoms with E-state index in [4.69, 9.17) is 9.47 Å². The number of carbonyl (C=O) groups excluding carboxylic acids is 2. The molecule has 0 saturated carbocycles. The first kappa shape index (κ1) is 17.2. The van der Waals surface area contributed by atoms with E-state index in [1.54, 1.807) is 6.07 Å². The molecule has 0 amide bonds. The van der Waals surface area contributed by atoms with Crippen molar-refractivity contribution >= 4 is 43.8 Å². The minimum atomic E-state index is -0.468. The molecule has 1 aromatic rings. The Hall–Kier alpha value is -0.880. The lowest BCUT2D eigenvalue weighted by Gasteiger charge is -2.10. The molecule has 1 rings (SSSR count). The Morgan fingerprint density at radius 3 is 2.10 bits per heavy atom. The second-order valence-corrected chi connectivity index (χ2v) is 5.74. The molecule has 0 saturated heterocycles. The lowest BCUT2D eigenvalue weighted by molar-refractivity contribution is 0.0502. The molecule has 0 aliphatic rings. The van der Waals surface area contributed by atoms with E-state index in [0.717, 1.165) is 12.8 Å². The van der Waals surface area contributed by atoms with Crippen LogP contribution in [0.4, 0.5) is 0 Å². The summed E-state index contributed by atoms with van der Waals surface area (Å²) in [7, 11) is 0. The van der Waals surface area contributed by atoms with Gasteiger partial charge in [0.2, 0.25) is 0 Å². The van der Waals surface area contributed by atoms with E-state index < -0.39 is 11.9 Å². The Morgan fingerprint density at radius 2 is 1.55 bits per heavy atom. The smallest absolute Gasteiger partial charge is 0.339 e. The zero-order valence-electron chi connectivity index (χ0n) is 11.4. The van der Waals surface area contributed by atoms with Crippen molar-refractivity contribution in [1.82, 2.24) is 0 Å². The highest BCUT2D eigenvalue weighted by Gasteiger charge is 2.18. The SMILES string of the molecule is CCCOC(=O)c1cc(Br)c(Br)c(C(=O)OCCC)c1. The van der Waals surface area contributed by atoms with Gasteiger partial charge in [0, 0.05) is 8.95 Å². The topological polar surface area (TPSA) is 52.6 Å². The number of carbonyl (C=O) groups is 2. The first-order valence-corrected chi connectivity index (χ1v) is 7.93. The van der Waals surface area contributed by atoms with E-state index in [-0.39, 0.29) is 0 Å². The fraction of sp³-hybridized carbons (Fsp3) is 0.429. The standard InChI is InChI=1S/C14H16Br2O4/c1-3-5-19-13(17)9-7-10(12(16)11(15)8-9)14(18)20-6-4-2/h7-8H,3-6H2,1-2H3. The van der Waals surface area contributed by atoms with Crippen molar-refractivity contribution in [3.8, 4) is 0 Å². The van der Waals surface area contributed by atoms with Gasteiger partial charge in [0.25, 0.3) is 0 Å². The lowest BCUT2D eigenvalue weighted by atomic mass is 10.1. The summed E-state index contributed by atoms with van der Waals surface area (Å²) in [5.74, 6) is -0.922. The summed E-state index contributed by atoms with van der Waals surface area (Å²) in [6.45, 7) is 4.52. The van der Waals surface area contributed by atoms with Crippen LogP contribution in [-0.2, 0) is 9.47 Å². The number of esters is 2. The zero-order chi connectivity index (χ0) is 15.1. The fourth-order valence-corrected chi connectivity index (χ4v) is 2.26. The Balaban J connectivity index is 3.03. The molecule has 0 unspecified atom stereocenters. The van der Waals surface area contributed by atoms with Gasteiger partial charge in [-0.2, -0.15) is 0 Å². The molecule has 0 N–H and O–H groups in total. The maximum absolute atomic E-state index is 11.9. The van der Waals surface area contributed by atoms with E-state index in [2.05, 4.69) is 31.9 Å². The molecule has 0 fully saturated rings. The first-order valence-electron chi connectivity index (χ1n) is 6.34. The maximum Gasteiger partial charge on any atom is 0.339 e. The Morgan fingerprint density at radius 1 is 1.00 bits per heavy atom. The van der Waals surface area contributed by atoms with E-state index in [9.17, 15) is 9.59 Å². The molecular weight excluding hydrogens is 392 g/mol. The highest BCUT2D eigenvalue weighted by molar-refractivity contribution is 9.13. The highest BCUT2D eigenvalue weighted by Crippen LogP contribution is 2.29. The second kappa shape index (κ2) is 8.42. The van der Waals surface area contributed by atoms with Gasteiger partial charge in [-0.1, -0.05) is 13.8 Å². The van der Waals surface area contributed by atoms with Crippen LogP contribution in [0.15, 0.2) is 21.1 Å². The van der Waals surface area contributed by atoms with Gasteiger partial charge in [-0.15, -0.1) is 0 Å². The number of benzene rings is 1. The second-order valence-electron chi connectivity index (χ2n) is 4.09. The molecule has 0 radical (unpaired) electrons. The van der Waals surface area contributed by atoms with Crippen molar-refractivity contribution in [3.63, 3.8) is 0 Å². The van der Waals surface area contributed by atoms with E-state index in [0.29, 0.717) is 33.3 Å². The van der Waals surface area contributed by atoms with Gasteiger partial charge in [-0.3, -0.25) is 0 Å². The van der Waals surface area contributed by atoms with Crippen LogP contribution in [-0.4, -0.2) is 25.2 Å². The van der Waals surface area contributed by atoms with Gasteiger partial charge in [-0.25, -0.2) is 9.59 Å². The van der Waals surface area contributed by atoms with Crippen molar-refractivity contribution in [1.29, 1.82) is 0 Å². The van der Waals surface area contributed by atoms with E-state index >= 15 is 0 Å². The summed E-state index contributed by atoms with van der Waals surface area (Å²) < 4.78 is 11.3. The van der Waals surface area contributed by atoms with Gasteiger partial charge >= 0.3 is 11.9 Å². The molecule has 0 aromatic heterocycles. The third kappa shape index (κ3) is 4.59. The van der Waals surface area contributed by atoms with Crippen molar-refractivity contribution in [2.45, 2.75) is 26.7 Å². The summed E-state index contributed by atoms with van der Waals surface area (Å²) in [4.78, 5) is 23.8. The summed E-state index contributed by atoms with van der Waals surface area (Å²) in [6, 6.07) is 3.09.